The van der Waals surface area contributed by atoms with Gasteiger partial charge in [0.15, 0.2) is 0 Å². The first kappa shape index (κ1) is 9.40. The van der Waals surface area contributed by atoms with Crippen molar-refractivity contribution in [1.82, 2.24) is 10.6 Å². The van der Waals surface area contributed by atoms with E-state index in [0.29, 0.717) is 12.1 Å². The molecule has 2 fully saturated rings. The van der Waals surface area contributed by atoms with E-state index in [1.807, 2.05) is 0 Å². The summed E-state index contributed by atoms with van der Waals surface area (Å²) in [5, 5.41) is 6.89. The SMILES string of the molecule is C1COC[C@@H](C[C@@H]2COCCN2)N1. The van der Waals surface area contributed by atoms with Gasteiger partial charge in [0.05, 0.1) is 26.4 Å². The van der Waals surface area contributed by atoms with Crippen LogP contribution in [-0.2, 0) is 9.47 Å². The molecule has 2 saturated heterocycles. The minimum atomic E-state index is 0.507. The Balaban J connectivity index is 1.69. The minimum absolute atomic E-state index is 0.507. The van der Waals surface area contributed by atoms with Crippen molar-refractivity contribution in [3.63, 3.8) is 0 Å². The normalized spacial score (nSPS) is 36.0. The molecule has 0 aromatic heterocycles. The molecule has 0 radical (unpaired) electrons. The molecule has 2 rings (SSSR count). The average Bonchev–Trinajstić information content (AvgIpc) is 2.21. The molecular formula is C9H18N2O2. The van der Waals surface area contributed by atoms with Gasteiger partial charge >= 0.3 is 0 Å². The molecule has 0 unspecified atom stereocenters. The van der Waals surface area contributed by atoms with Crippen LogP contribution in [0, 0.1) is 0 Å². The van der Waals surface area contributed by atoms with Crippen molar-refractivity contribution in [3.8, 4) is 0 Å². The maximum Gasteiger partial charge on any atom is 0.0620 e. The van der Waals surface area contributed by atoms with Gasteiger partial charge in [0.2, 0.25) is 0 Å². The lowest BCUT2D eigenvalue weighted by Crippen LogP contribution is -2.49. The molecule has 4 heteroatoms. The summed E-state index contributed by atoms with van der Waals surface area (Å²) in [6.07, 6.45) is 1.11. The first-order chi connectivity index (χ1) is 6.45. The van der Waals surface area contributed by atoms with Gasteiger partial charge in [0, 0.05) is 25.2 Å². The van der Waals surface area contributed by atoms with Crippen LogP contribution >= 0.6 is 0 Å². The molecule has 0 bridgehead atoms. The topological polar surface area (TPSA) is 42.5 Å². The van der Waals surface area contributed by atoms with Crippen LogP contribution in [0.4, 0.5) is 0 Å². The van der Waals surface area contributed by atoms with Crippen LogP contribution in [0.1, 0.15) is 6.42 Å². The number of morpholine rings is 2. The fraction of sp³-hybridized carbons (Fsp3) is 1.00. The first-order valence-electron chi connectivity index (χ1n) is 5.07. The van der Waals surface area contributed by atoms with Crippen molar-refractivity contribution in [2.45, 2.75) is 18.5 Å². The lowest BCUT2D eigenvalue weighted by molar-refractivity contribution is 0.0436. The van der Waals surface area contributed by atoms with Gasteiger partial charge in [0.25, 0.3) is 0 Å². The largest absolute Gasteiger partial charge is 0.379 e. The van der Waals surface area contributed by atoms with E-state index in [4.69, 9.17) is 9.47 Å². The summed E-state index contributed by atoms with van der Waals surface area (Å²) in [6, 6.07) is 1.01. The van der Waals surface area contributed by atoms with E-state index in [1.54, 1.807) is 0 Å². The van der Waals surface area contributed by atoms with Crippen LogP contribution in [0.2, 0.25) is 0 Å². The van der Waals surface area contributed by atoms with Crippen molar-refractivity contribution in [3.05, 3.63) is 0 Å². The van der Waals surface area contributed by atoms with Crippen molar-refractivity contribution < 1.29 is 9.47 Å². The molecule has 2 heterocycles. The molecule has 13 heavy (non-hydrogen) atoms. The lowest BCUT2D eigenvalue weighted by Gasteiger charge is -2.30. The molecular weight excluding hydrogens is 168 g/mol. The fourth-order valence-corrected chi connectivity index (χ4v) is 1.89. The summed E-state index contributed by atoms with van der Waals surface area (Å²) in [7, 11) is 0. The predicted octanol–water partition coefficient (Wildman–Crippen LogP) is -0.647. The second-order valence-corrected chi connectivity index (χ2v) is 3.69. The Morgan fingerprint density at radius 2 is 1.46 bits per heavy atom. The van der Waals surface area contributed by atoms with E-state index < -0.39 is 0 Å². The van der Waals surface area contributed by atoms with Crippen molar-refractivity contribution in [1.29, 1.82) is 0 Å². The van der Waals surface area contributed by atoms with Crippen LogP contribution in [0.25, 0.3) is 0 Å². The molecule has 0 amide bonds. The number of ether oxygens (including phenoxy) is 2. The molecule has 2 atom stereocenters. The van der Waals surface area contributed by atoms with Gasteiger partial charge in [-0.05, 0) is 6.42 Å². The third-order valence-corrected chi connectivity index (χ3v) is 2.57. The third-order valence-electron chi connectivity index (χ3n) is 2.57. The summed E-state index contributed by atoms with van der Waals surface area (Å²) >= 11 is 0. The molecule has 0 aromatic rings. The summed E-state index contributed by atoms with van der Waals surface area (Å²) < 4.78 is 10.8. The highest BCUT2D eigenvalue weighted by Gasteiger charge is 2.20. The second kappa shape index (κ2) is 4.91. The van der Waals surface area contributed by atoms with Crippen LogP contribution in [0.3, 0.4) is 0 Å². The van der Waals surface area contributed by atoms with Crippen LogP contribution < -0.4 is 10.6 Å². The summed E-state index contributed by atoms with van der Waals surface area (Å²) in [5.41, 5.74) is 0. The minimum Gasteiger partial charge on any atom is -0.379 e. The van der Waals surface area contributed by atoms with Crippen molar-refractivity contribution >= 4 is 0 Å². The van der Waals surface area contributed by atoms with Gasteiger partial charge in [-0.2, -0.15) is 0 Å². The summed E-state index contributed by atoms with van der Waals surface area (Å²) in [4.78, 5) is 0. The number of rotatable bonds is 2. The zero-order valence-electron chi connectivity index (χ0n) is 7.92. The van der Waals surface area contributed by atoms with Gasteiger partial charge < -0.3 is 20.1 Å². The zero-order chi connectivity index (χ0) is 8.93. The van der Waals surface area contributed by atoms with Crippen LogP contribution in [-0.4, -0.2) is 51.6 Å². The quantitative estimate of drug-likeness (QED) is 0.601. The van der Waals surface area contributed by atoms with Gasteiger partial charge in [0.1, 0.15) is 0 Å². The summed E-state index contributed by atoms with van der Waals surface area (Å²) in [6.45, 7) is 5.36. The van der Waals surface area contributed by atoms with Crippen molar-refractivity contribution in [2.24, 2.45) is 0 Å². The molecule has 76 valence electrons. The molecule has 0 saturated carbocycles. The van der Waals surface area contributed by atoms with E-state index in [1.165, 1.54) is 0 Å². The lowest BCUT2D eigenvalue weighted by atomic mass is 10.1. The first-order valence-corrected chi connectivity index (χ1v) is 5.07. The van der Waals surface area contributed by atoms with Gasteiger partial charge in [-0.15, -0.1) is 0 Å². The number of hydrogen-bond acceptors (Lipinski definition) is 4. The summed E-state index contributed by atoms with van der Waals surface area (Å²) in [5.74, 6) is 0. The molecule has 0 spiro atoms. The Kier molecular flexibility index (Phi) is 3.55. The standard InChI is InChI=1S/C9H18N2O2/c1-3-12-6-8(10-1)5-9-7-13-4-2-11-9/h8-11H,1-7H2/t8-,9-/m1/s1. The monoisotopic (exact) mass is 186 g/mol. The second-order valence-electron chi connectivity index (χ2n) is 3.69. The van der Waals surface area contributed by atoms with E-state index in [0.717, 1.165) is 45.9 Å². The van der Waals surface area contributed by atoms with E-state index in [2.05, 4.69) is 10.6 Å². The highest BCUT2D eigenvalue weighted by molar-refractivity contribution is 4.79. The Morgan fingerprint density at radius 3 is 1.85 bits per heavy atom. The van der Waals surface area contributed by atoms with Crippen molar-refractivity contribution in [2.75, 3.05) is 39.5 Å². The van der Waals surface area contributed by atoms with Gasteiger partial charge in [-0.25, -0.2) is 0 Å². The molecule has 2 N–H and O–H groups in total. The highest BCUT2D eigenvalue weighted by atomic mass is 16.5. The van der Waals surface area contributed by atoms with Crippen LogP contribution in [0.5, 0.6) is 0 Å². The maximum absolute atomic E-state index is 5.39. The maximum atomic E-state index is 5.39. The Morgan fingerprint density at radius 1 is 0.923 bits per heavy atom. The molecule has 0 aliphatic carbocycles. The Hall–Kier alpha value is -0.160. The third kappa shape index (κ3) is 2.91. The fourth-order valence-electron chi connectivity index (χ4n) is 1.89. The number of nitrogens with one attached hydrogen (secondary N) is 2. The van der Waals surface area contributed by atoms with E-state index in [-0.39, 0.29) is 0 Å². The van der Waals surface area contributed by atoms with E-state index >= 15 is 0 Å². The van der Waals surface area contributed by atoms with Crippen LogP contribution in [0.15, 0.2) is 0 Å². The van der Waals surface area contributed by atoms with Gasteiger partial charge in [-0.1, -0.05) is 0 Å². The van der Waals surface area contributed by atoms with Gasteiger partial charge in [-0.3, -0.25) is 0 Å². The highest BCUT2D eigenvalue weighted by Crippen LogP contribution is 2.05. The van der Waals surface area contributed by atoms with E-state index in [9.17, 15) is 0 Å². The number of hydrogen-bond donors (Lipinski definition) is 2. The average molecular weight is 186 g/mol. The zero-order valence-corrected chi connectivity index (χ0v) is 7.92. The Bertz CT molecular complexity index is 127. The smallest absolute Gasteiger partial charge is 0.0620 e. The molecule has 0 aromatic carbocycles. The molecule has 2 aliphatic heterocycles. The Labute approximate surface area is 79.0 Å². The molecule has 2 aliphatic rings. The molecule has 4 nitrogen and oxygen atoms in total. The predicted molar refractivity (Wildman–Crippen MR) is 49.8 cm³/mol.